The number of hydrogen-bond acceptors (Lipinski definition) is 4. The zero-order valence-electron chi connectivity index (χ0n) is 17.5. The van der Waals surface area contributed by atoms with Crippen LogP contribution < -0.4 is 10.1 Å². The van der Waals surface area contributed by atoms with Gasteiger partial charge < -0.3 is 14.8 Å². The Morgan fingerprint density at radius 2 is 1.97 bits per heavy atom. The Morgan fingerprint density at radius 1 is 1.23 bits per heavy atom. The minimum Gasteiger partial charge on any atom is -0.493 e. The van der Waals surface area contributed by atoms with Gasteiger partial charge in [-0.25, -0.2) is 8.78 Å². The van der Waals surface area contributed by atoms with E-state index in [1.807, 2.05) is 13.0 Å². The highest BCUT2D eigenvalue weighted by Crippen LogP contribution is 2.60. The monoisotopic (exact) mass is 434 g/mol. The van der Waals surface area contributed by atoms with Crippen molar-refractivity contribution in [3.63, 3.8) is 0 Å². The largest absolute Gasteiger partial charge is 0.493 e. The molecule has 2 fully saturated rings. The van der Waals surface area contributed by atoms with Crippen molar-refractivity contribution in [1.82, 2.24) is 5.32 Å². The van der Waals surface area contributed by atoms with Crippen LogP contribution in [0.5, 0.6) is 5.75 Å². The molecule has 0 saturated heterocycles. The number of hydrogen-bond donors (Lipinski definition) is 1. The number of methoxy groups -OCH3 is 1. The van der Waals surface area contributed by atoms with Gasteiger partial charge in [0.1, 0.15) is 10.7 Å². The van der Waals surface area contributed by atoms with Crippen molar-refractivity contribution in [3.8, 4) is 5.75 Å². The molecule has 0 amide bonds. The van der Waals surface area contributed by atoms with Crippen LogP contribution in [0.3, 0.4) is 0 Å². The van der Waals surface area contributed by atoms with Gasteiger partial charge in [0.15, 0.2) is 5.66 Å². The molecule has 1 aromatic carbocycles. The van der Waals surface area contributed by atoms with Crippen LogP contribution in [0, 0.1) is 11.3 Å². The Bertz CT molecular complexity index is 902. The maximum atomic E-state index is 13.1. The van der Waals surface area contributed by atoms with E-state index in [9.17, 15) is 8.78 Å². The zero-order chi connectivity index (χ0) is 21.1. The minimum atomic E-state index is -2.51. The average Bonchev–Trinajstić information content (AvgIpc) is 3.13. The van der Waals surface area contributed by atoms with Gasteiger partial charge in [-0.1, -0.05) is 18.3 Å². The van der Waals surface area contributed by atoms with Gasteiger partial charge >= 0.3 is 0 Å². The van der Waals surface area contributed by atoms with E-state index in [0.29, 0.717) is 17.7 Å². The molecule has 0 radical (unpaired) electrons. The van der Waals surface area contributed by atoms with Crippen molar-refractivity contribution in [2.45, 2.75) is 69.6 Å². The van der Waals surface area contributed by atoms with Crippen LogP contribution in [0.25, 0.3) is 0 Å². The summed E-state index contributed by atoms with van der Waals surface area (Å²) in [6, 6.07) is 6.14. The molecule has 1 atom stereocenters. The number of nitrogens with zero attached hydrogens (tertiary/aromatic N) is 1. The molecule has 3 aliphatic carbocycles. The molecule has 2 spiro atoms. The van der Waals surface area contributed by atoms with Crippen molar-refractivity contribution in [1.29, 1.82) is 0 Å². The highest BCUT2D eigenvalue weighted by Gasteiger charge is 2.61. The summed E-state index contributed by atoms with van der Waals surface area (Å²) >= 11 is 5.57. The van der Waals surface area contributed by atoms with E-state index < -0.39 is 11.6 Å². The van der Waals surface area contributed by atoms with Gasteiger partial charge in [0, 0.05) is 36.8 Å². The van der Waals surface area contributed by atoms with E-state index in [2.05, 4.69) is 17.4 Å². The average molecular weight is 435 g/mol. The molecule has 1 heterocycles. The van der Waals surface area contributed by atoms with Crippen LogP contribution in [-0.4, -0.2) is 36.4 Å². The van der Waals surface area contributed by atoms with Crippen LogP contribution in [0.2, 0.25) is 0 Å². The van der Waals surface area contributed by atoms with E-state index >= 15 is 0 Å². The van der Waals surface area contributed by atoms with Crippen molar-refractivity contribution in [2.75, 3.05) is 13.7 Å². The highest BCUT2D eigenvalue weighted by molar-refractivity contribution is 7.82. The lowest BCUT2D eigenvalue weighted by Crippen LogP contribution is -2.52. The van der Waals surface area contributed by atoms with E-state index in [-0.39, 0.29) is 24.2 Å². The van der Waals surface area contributed by atoms with Crippen LogP contribution >= 0.6 is 12.2 Å². The number of fused-ring (bicyclic) bond motifs is 3. The summed E-state index contributed by atoms with van der Waals surface area (Å²) in [5.41, 5.74) is 2.65. The molecule has 5 rings (SSSR count). The van der Waals surface area contributed by atoms with Crippen molar-refractivity contribution in [3.05, 3.63) is 29.3 Å². The maximum Gasteiger partial charge on any atom is 0.248 e. The zero-order valence-corrected chi connectivity index (χ0v) is 18.3. The summed E-state index contributed by atoms with van der Waals surface area (Å²) < 4.78 is 37.8. The molecule has 0 aromatic heterocycles. The fraction of sp³-hybridized carbons (Fsp3) is 0.652. The Balaban J connectivity index is 1.44. The first-order chi connectivity index (χ1) is 14.3. The maximum absolute atomic E-state index is 13.1. The molecule has 1 aromatic rings. The fourth-order valence-corrected chi connectivity index (χ4v) is 6.11. The van der Waals surface area contributed by atoms with E-state index in [1.54, 1.807) is 7.11 Å². The Kier molecular flexibility index (Phi) is 4.71. The highest BCUT2D eigenvalue weighted by atomic mass is 32.1. The molecule has 0 bridgehead atoms. The number of nitrogens with one attached hydrogen (secondary N) is 1. The quantitative estimate of drug-likeness (QED) is 0.692. The van der Waals surface area contributed by atoms with E-state index in [0.717, 1.165) is 49.1 Å². The second-order valence-electron chi connectivity index (χ2n) is 9.51. The molecule has 2 saturated carbocycles. The number of alkyl halides is 2. The number of benzene rings is 1. The first kappa shape index (κ1) is 20.3. The van der Waals surface area contributed by atoms with Gasteiger partial charge in [-0.15, -0.1) is 0 Å². The predicted molar refractivity (Wildman–Crippen MR) is 116 cm³/mol. The molecule has 30 heavy (non-hydrogen) atoms. The second kappa shape index (κ2) is 6.95. The first-order valence-electron chi connectivity index (χ1n) is 10.8. The Labute approximate surface area is 181 Å². The molecule has 4 nitrogen and oxygen atoms in total. The van der Waals surface area contributed by atoms with Crippen LogP contribution in [0.4, 0.5) is 8.78 Å². The van der Waals surface area contributed by atoms with Crippen LogP contribution in [-0.2, 0) is 16.8 Å². The summed E-state index contributed by atoms with van der Waals surface area (Å²) in [4.78, 5) is 5.83. The van der Waals surface area contributed by atoms with Gasteiger partial charge in [-0.2, -0.15) is 0 Å². The topological polar surface area (TPSA) is 42.9 Å². The molecule has 1 unspecified atom stereocenters. The standard InChI is InChI=1S/C23H28F2N2O2S/c1-14-20(30)27-23(26-14)19-9-18(29-13-15-10-22(24,25)11-15)4-3-16(19)12-21(23)7-5-17(28-2)6-8-21/h3-4,9,15,17H,5-8,10-13H2,1-2H3,(H,27,30). The lowest BCUT2D eigenvalue weighted by Gasteiger charge is -2.46. The summed E-state index contributed by atoms with van der Waals surface area (Å²) in [6.07, 6.45) is 5.13. The number of thiocarbonyl (C=S) groups is 1. The van der Waals surface area contributed by atoms with Gasteiger partial charge in [-0.05, 0) is 56.7 Å². The molecule has 1 aliphatic heterocycles. The molecule has 162 valence electrons. The normalized spacial score (nSPS) is 31.4. The summed E-state index contributed by atoms with van der Waals surface area (Å²) in [5, 5.41) is 3.59. The summed E-state index contributed by atoms with van der Waals surface area (Å²) in [5.74, 6) is -1.87. The Morgan fingerprint density at radius 3 is 2.57 bits per heavy atom. The fourth-order valence-electron chi connectivity index (χ4n) is 5.91. The van der Waals surface area contributed by atoms with Crippen molar-refractivity contribution < 1.29 is 18.3 Å². The molecule has 1 N–H and O–H groups in total. The van der Waals surface area contributed by atoms with Gasteiger partial charge in [0.2, 0.25) is 5.92 Å². The van der Waals surface area contributed by atoms with Crippen LogP contribution in [0.1, 0.15) is 56.6 Å². The van der Waals surface area contributed by atoms with E-state index in [4.69, 9.17) is 26.7 Å². The predicted octanol–water partition coefficient (Wildman–Crippen LogP) is 4.79. The molecular weight excluding hydrogens is 406 g/mol. The Hall–Kier alpha value is -1.60. The molecule has 4 aliphatic rings. The molecule has 7 heteroatoms. The number of rotatable bonds is 4. The summed E-state index contributed by atoms with van der Waals surface area (Å²) in [6.45, 7) is 2.30. The number of halogens is 2. The van der Waals surface area contributed by atoms with Gasteiger partial charge in [0.25, 0.3) is 0 Å². The smallest absolute Gasteiger partial charge is 0.248 e. The number of aliphatic imine (C=N–C) groups is 1. The summed E-state index contributed by atoms with van der Waals surface area (Å²) in [7, 11) is 1.79. The van der Waals surface area contributed by atoms with Crippen molar-refractivity contribution >= 4 is 22.9 Å². The van der Waals surface area contributed by atoms with Crippen molar-refractivity contribution in [2.24, 2.45) is 16.3 Å². The third-order valence-corrected chi connectivity index (χ3v) is 8.01. The lowest BCUT2D eigenvalue weighted by atomic mass is 9.65. The van der Waals surface area contributed by atoms with Crippen LogP contribution in [0.15, 0.2) is 23.2 Å². The van der Waals surface area contributed by atoms with E-state index in [1.165, 1.54) is 5.56 Å². The third-order valence-electron chi connectivity index (χ3n) is 7.61. The number of ether oxygens (including phenoxy) is 2. The SMILES string of the molecule is COC1CCC2(CC1)Cc1ccc(OCC3CC(F)(F)C3)cc1C21N=C(C)C(=S)N1. The van der Waals surface area contributed by atoms with Gasteiger partial charge in [0.05, 0.1) is 18.4 Å². The first-order valence-corrected chi connectivity index (χ1v) is 11.2. The second-order valence-corrected chi connectivity index (χ2v) is 9.92. The minimum absolute atomic E-state index is 0.0408. The van der Waals surface area contributed by atoms with Gasteiger partial charge in [-0.3, -0.25) is 4.99 Å². The molecular formula is C23H28F2N2O2S. The third kappa shape index (κ3) is 3.08. The lowest BCUT2D eigenvalue weighted by molar-refractivity contribution is -0.119.